The van der Waals surface area contributed by atoms with Crippen molar-refractivity contribution in [2.45, 2.75) is 6.92 Å². The zero-order chi connectivity index (χ0) is 18.0. The van der Waals surface area contributed by atoms with Crippen LogP contribution >= 0.6 is 11.3 Å². The van der Waals surface area contributed by atoms with Gasteiger partial charge in [0.25, 0.3) is 5.91 Å². The number of aryl methyl sites for hydroxylation is 2. The molecule has 0 radical (unpaired) electrons. The lowest BCUT2D eigenvalue weighted by Gasteiger charge is -2.08. The van der Waals surface area contributed by atoms with Crippen molar-refractivity contribution in [3.63, 3.8) is 0 Å². The Morgan fingerprint density at radius 2 is 1.96 bits per heavy atom. The summed E-state index contributed by atoms with van der Waals surface area (Å²) in [6, 6.07) is 7.30. The van der Waals surface area contributed by atoms with Gasteiger partial charge in [-0.3, -0.25) is 14.8 Å². The number of carbonyl (C=O) groups excluding carboxylic acids is 1. The van der Waals surface area contributed by atoms with Gasteiger partial charge in [0.05, 0.1) is 25.6 Å². The van der Waals surface area contributed by atoms with E-state index in [1.54, 1.807) is 32.0 Å². The van der Waals surface area contributed by atoms with Crippen molar-refractivity contribution in [2.24, 2.45) is 7.05 Å². The summed E-state index contributed by atoms with van der Waals surface area (Å²) in [5.41, 5.74) is 2.91. The molecule has 130 valence electrons. The summed E-state index contributed by atoms with van der Waals surface area (Å²) < 4.78 is 12.1. The molecular formula is C17H18N4O3S. The first-order valence-electron chi connectivity index (χ1n) is 7.51. The molecule has 0 unspecified atom stereocenters. The summed E-state index contributed by atoms with van der Waals surface area (Å²) in [7, 11) is 4.91. The highest BCUT2D eigenvalue weighted by Gasteiger charge is 2.15. The second kappa shape index (κ2) is 6.94. The van der Waals surface area contributed by atoms with Crippen LogP contribution in [0, 0.1) is 6.92 Å². The fourth-order valence-corrected chi connectivity index (χ4v) is 3.16. The van der Waals surface area contributed by atoms with E-state index in [2.05, 4.69) is 15.4 Å². The van der Waals surface area contributed by atoms with Gasteiger partial charge in [0.2, 0.25) is 0 Å². The molecule has 0 spiro atoms. The summed E-state index contributed by atoms with van der Waals surface area (Å²) in [6.45, 7) is 1.84. The predicted octanol–water partition coefficient (Wildman–Crippen LogP) is 3.12. The molecule has 3 rings (SSSR count). The Labute approximate surface area is 149 Å². The highest BCUT2D eigenvalue weighted by Crippen LogP contribution is 2.33. The van der Waals surface area contributed by atoms with Gasteiger partial charge < -0.3 is 9.47 Å². The van der Waals surface area contributed by atoms with Crippen molar-refractivity contribution in [1.29, 1.82) is 0 Å². The first-order valence-corrected chi connectivity index (χ1v) is 8.39. The van der Waals surface area contributed by atoms with Crippen LogP contribution in [-0.2, 0) is 7.05 Å². The first-order chi connectivity index (χ1) is 12.0. The average molecular weight is 358 g/mol. The van der Waals surface area contributed by atoms with Crippen LogP contribution in [0.5, 0.6) is 11.5 Å². The van der Waals surface area contributed by atoms with Gasteiger partial charge in [0, 0.05) is 18.0 Å². The van der Waals surface area contributed by atoms with E-state index in [0.29, 0.717) is 22.3 Å². The Hall–Kier alpha value is -2.87. The van der Waals surface area contributed by atoms with Crippen molar-refractivity contribution < 1.29 is 14.3 Å². The third-order valence-corrected chi connectivity index (χ3v) is 4.40. The van der Waals surface area contributed by atoms with Gasteiger partial charge >= 0.3 is 0 Å². The molecule has 7 nitrogen and oxygen atoms in total. The lowest BCUT2D eigenvalue weighted by molar-refractivity contribution is 0.101. The number of amides is 1. The average Bonchev–Trinajstić information content (AvgIpc) is 3.20. The van der Waals surface area contributed by atoms with E-state index in [-0.39, 0.29) is 5.91 Å². The fourth-order valence-electron chi connectivity index (χ4n) is 2.44. The van der Waals surface area contributed by atoms with Gasteiger partial charge in [-0.1, -0.05) is 0 Å². The lowest BCUT2D eigenvalue weighted by Crippen LogP contribution is -2.15. The van der Waals surface area contributed by atoms with Gasteiger partial charge in [-0.15, -0.1) is 11.3 Å². The minimum atomic E-state index is -0.240. The molecule has 1 aromatic carbocycles. The number of nitrogens with zero attached hydrogens (tertiary/aromatic N) is 3. The van der Waals surface area contributed by atoms with Crippen LogP contribution in [0.4, 0.5) is 5.13 Å². The maximum atomic E-state index is 12.3. The van der Waals surface area contributed by atoms with E-state index in [4.69, 9.17) is 9.47 Å². The SMILES string of the molecule is COc1ccc(-c2csc(NC(=O)c3cc(C)nn3C)n2)cc1OC. The standard InChI is InChI=1S/C17H18N4O3S/c1-10-7-13(21(2)20-10)16(22)19-17-18-12(9-25-17)11-5-6-14(23-3)15(8-11)24-4/h5-9H,1-4H3,(H,18,19,22). The molecule has 0 saturated carbocycles. The number of aromatic nitrogens is 3. The first kappa shape index (κ1) is 17.0. The Bertz CT molecular complexity index is 917. The topological polar surface area (TPSA) is 78.3 Å². The Balaban J connectivity index is 1.81. The summed E-state index contributed by atoms with van der Waals surface area (Å²) in [6.07, 6.45) is 0. The van der Waals surface area contributed by atoms with Crippen LogP contribution in [0.15, 0.2) is 29.6 Å². The molecule has 0 saturated heterocycles. The summed E-state index contributed by atoms with van der Waals surface area (Å²) in [5.74, 6) is 1.04. The van der Waals surface area contributed by atoms with Crippen molar-refractivity contribution in [3.8, 4) is 22.8 Å². The highest BCUT2D eigenvalue weighted by atomic mass is 32.1. The van der Waals surface area contributed by atoms with E-state index < -0.39 is 0 Å². The third-order valence-electron chi connectivity index (χ3n) is 3.64. The number of anilines is 1. The number of benzene rings is 1. The third kappa shape index (κ3) is 3.48. The highest BCUT2D eigenvalue weighted by molar-refractivity contribution is 7.14. The second-order valence-electron chi connectivity index (χ2n) is 5.36. The van der Waals surface area contributed by atoms with Gasteiger partial charge in [-0.05, 0) is 31.2 Å². The Kier molecular flexibility index (Phi) is 4.71. The molecule has 2 heterocycles. The number of hydrogen-bond acceptors (Lipinski definition) is 6. The lowest BCUT2D eigenvalue weighted by atomic mass is 10.1. The van der Waals surface area contributed by atoms with Gasteiger partial charge in [-0.2, -0.15) is 5.10 Å². The predicted molar refractivity (Wildman–Crippen MR) is 96.6 cm³/mol. The van der Waals surface area contributed by atoms with Crippen molar-refractivity contribution in [3.05, 3.63) is 41.0 Å². The van der Waals surface area contributed by atoms with Gasteiger partial charge in [-0.25, -0.2) is 4.98 Å². The van der Waals surface area contributed by atoms with Crippen molar-refractivity contribution in [2.75, 3.05) is 19.5 Å². The quantitative estimate of drug-likeness (QED) is 0.758. The van der Waals surface area contributed by atoms with Crippen LogP contribution in [0.2, 0.25) is 0 Å². The molecule has 0 bridgehead atoms. The van der Waals surface area contributed by atoms with Crippen molar-refractivity contribution >= 4 is 22.4 Å². The summed E-state index contributed by atoms with van der Waals surface area (Å²) >= 11 is 1.36. The fraction of sp³-hybridized carbons (Fsp3) is 0.235. The van der Waals surface area contributed by atoms with E-state index in [1.807, 2.05) is 30.5 Å². The Morgan fingerprint density at radius 1 is 1.20 bits per heavy atom. The second-order valence-corrected chi connectivity index (χ2v) is 6.21. The van der Waals surface area contributed by atoms with Crippen LogP contribution in [0.25, 0.3) is 11.3 Å². The molecule has 0 atom stereocenters. The van der Waals surface area contributed by atoms with Crippen LogP contribution < -0.4 is 14.8 Å². The van der Waals surface area contributed by atoms with Crippen LogP contribution in [0.1, 0.15) is 16.2 Å². The normalized spacial score (nSPS) is 10.6. The molecule has 0 aliphatic rings. The van der Waals surface area contributed by atoms with Crippen molar-refractivity contribution in [1.82, 2.24) is 14.8 Å². The van der Waals surface area contributed by atoms with Crippen LogP contribution in [0.3, 0.4) is 0 Å². The Morgan fingerprint density at radius 3 is 2.60 bits per heavy atom. The van der Waals surface area contributed by atoms with E-state index >= 15 is 0 Å². The molecule has 8 heteroatoms. The molecule has 0 aliphatic heterocycles. The largest absolute Gasteiger partial charge is 0.493 e. The molecule has 1 N–H and O–H groups in total. The van der Waals surface area contributed by atoms with Crippen LogP contribution in [-0.4, -0.2) is 34.9 Å². The molecular weight excluding hydrogens is 340 g/mol. The van der Waals surface area contributed by atoms with Gasteiger partial charge in [0.1, 0.15) is 5.69 Å². The molecule has 25 heavy (non-hydrogen) atoms. The number of nitrogens with one attached hydrogen (secondary N) is 1. The molecule has 2 aromatic heterocycles. The number of hydrogen-bond donors (Lipinski definition) is 1. The molecule has 0 fully saturated rings. The minimum absolute atomic E-state index is 0.240. The number of ether oxygens (including phenoxy) is 2. The molecule has 0 aliphatic carbocycles. The monoisotopic (exact) mass is 358 g/mol. The summed E-state index contributed by atoms with van der Waals surface area (Å²) in [4.78, 5) is 16.8. The molecule has 3 aromatic rings. The number of carbonyl (C=O) groups is 1. The summed E-state index contributed by atoms with van der Waals surface area (Å²) in [5, 5.41) is 9.38. The van der Waals surface area contributed by atoms with E-state index in [9.17, 15) is 4.79 Å². The van der Waals surface area contributed by atoms with E-state index in [0.717, 1.165) is 17.0 Å². The maximum Gasteiger partial charge on any atom is 0.275 e. The number of thiazole rings is 1. The zero-order valence-electron chi connectivity index (χ0n) is 14.4. The smallest absolute Gasteiger partial charge is 0.275 e. The zero-order valence-corrected chi connectivity index (χ0v) is 15.2. The van der Waals surface area contributed by atoms with E-state index in [1.165, 1.54) is 11.3 Å². The molecule has 1 amide bonds. The van der Waals surface area contributed by atoms with Gasteiger partial charge in [0.15, 0.2) is 16.6 Å². The maximum absolute atomic E-state index is 12.3. The minimum Gasteiger partial charge on any atom is -0.493 e. The number of rotatable bonds is 5. The number of methoxy groups -OCH3 is 2.